The molecule has 1 aliphatic carbocycles. The minimum absolute atomic E-state index is 0.235. The molecule has 0 radical (unpaired) electrons. The van der Waals surface area contributed by atoms with Gasteiger partial charge in [-0.2, -0.15) is 13.2 Å². The van der Waals surface area contributed by atoms with Gasteiger partial charge in [-0.1, -0.05) is 18.2 Å². The molecule has 3 atom stereocenters. The summed E-state index contributed by atoms with van der Waals surface area (Å²) < 4.78 is 79.7. The minimum Gasteiger partial charge on any atom is -0.392 e. The number of alkyl halides is 3. The van der Waals surface area contributed by atoms with Gasteiger partial charge in [-0.3, -0.25) is 9.52 Å². The Balaban J connectivity index is 1.68. The summed E-state index contributed by atoms with van der Waals surface area (Å²) in [5.74, 6) is -1.98. The molecule has 3 N–H and O–H groups in total. The molecule has 0 aromatic heterocycles. The van der Waals surface area contributed by atoms with E-state index in [0.29, 0.717) is 23.1 Å². The SMILES string of the molecule is C[C@@H](NC(=O)C1CC1c1ccc(C(C)(C)C(F)(F)F)c(F)c1)c1ccc(NS(C)(=O)=O)c(CO)c1. The number of halogens is 4. The summed E-state index contributed by atoms with van der Waals surface area (Å²) in [6, 6.07) is 7.89. The molecule has 192 valence electrons. The first-order chi connectivity index (χ1) is 16.0. The van der Waals surface area contributed by atoms with Gasteiger partial charge in [0, 0.05) is 17.0 Å². The second-order valence-electron chi connectivity index (χ2n) is 9.49. The van der Waals surface area contributed by atoms with Crippen molar-refractivity contribution in [2.75, 3.05) is 11.0 Å². The van der Waals surface area contributed by atoms with Gasteiger partial charge in [-0.15, -0.1) is 0 Å². The van der Waals surface area contributed by atoms with Gasteiger partial charge in [0.1, 0.15) is 5.82 Å². The van der Waals surface area contributed by atoms with E-state index in [9.17, 15) is 35.9 Å². The predicted molar refractivity (Wildman–Crippen MR) is 124 cm³/mol. The lowest BCUT2D eigenvalue weighted by Gasteiger charge is -2.28. The van der Waals surface area contributed by atoms with Gasteiger partial charge in [0.2, 0.25) is 15.9 Å². The Morgan fingerprint density at radius 2 is 1.83 bits per heavy atom. The van der Waals surface area contributed by atoms with Crippen molar-refractivity contribution in [1.29, 1.82) is 0 Å². The van der Waals surface area contributed by atoms with E-state index in [1.54, 1.807) is 19.1 Å². The summed E-state index contributed by atoms with van der Waals surface area (Å²) in [5.41, 5.74) is -1.10. The number of anilines is 1. The van der Waals surface area contributed by atoms with Crippen molar-refractivity contribution in [3.63, 3.8) is 0 Å². The topological polar surface area (TPSA) is 95.5 Å². The van der Waals surface area contributed by atoms with Crippen molar-refractivity contribution >= 4 is 21.6 Å². The Bertz CT molecular complexity index is 1230. The molecule has 3 rings (SSSR count). The normalized spacial score (nSPS) is 19.2. The maximum absolute atomic E-state index is 14.6. The highest BCUT2D eigenvalue weighted by atomic mass is 32.2. The van der Waals surface area contributed by atoms with E-state index in [1.165, 1.54) is 12.1 Å². The molecule has 6 nitrogen and oxygen atoms in total. The highest BCUT2D eigenvalue weighted by molar-refractivity contribution is 7.92. The van der Waals surface area contributed by atoms with E-state index in [1.807, 2.05) is 0 Å². The summed E-state index contributed by atoms with van der Waals surface area (Å²) in [7, 11) is -3.53. The Hall–Kier alpha value is -2.66. The molecule has 0 heterocycles. The van der Waals surface area contributed by atoms with Crippen LogP contribution in [0, 0.1) is 11.7 Å². The van der Waals surface area contributed by atoms with Crippen LogP contribution in [-0.2, 0) is 26.8 Å². The average Bonchev–Trinajstić information content (AvgIpc) is 3.53. The van der Waals surface area contributed by atoms with Crippen LogP contribution in [0.1, 0.15) is 61.4 Å². The first kappa shape index (κ1) is 26.9. The number of nitrogens with one attached hydrogen (secondary N) is 2. The second-order valence-corrected chi connectivity index (χ2v) is 11.2. The summed E-state index contributed by atoms with van der Waals surface area (Å²) in [5, 5.41) is 12.4. The number of rotatable bonds is 8. The van der Waals surface area contributed by atoms with Crippen molar-refractivity contribution in [2.24, 2.45) is 5.92 Å². The second kappa shape index (κ2) is 9.42. The van der Waals surface area contributed by atoms with Crippen LogP contribution in [0.3, 0.4) is 0 Å². The molecule has 0 saturated heterocycles. The molecular formula is C24H28F4N2O4S. The molecule has 1 amide bonds. The largest absolute Gasteiger partial charge is 0.398 e. The fourth-order valence-electron chi connectivity index (χ4n) is 3.99. The van der Waals surface area contributed by atoms with Crippen LogP contribution in [0.4, 0.5) is 23.2 Å². The van der Waals surface area contributed by atoms with E-state index in [4.69, 9.17) is 0 Å². The molecule has 1 aliphatic rings. The quantitative estimate of drug-likeness (QED) is 0.450. The molecule has 0 bridgehead atoms. The van der Waals surface area contributed by atoms with Crippen molar-refractivity contribution in [2.45, 2.75) is 57.3 Å². The summed E-state index contributed by atoms with van der Waals surface area (Å²) in [4.78, 5) is 12.7. The summed E-state index contributed by atoms with van der Waals surface area (Å²) in [6.45, 7) is 3.16. The van der Waals surface area contributed by atoms with Crippen molar-refractivity contribution in [3.8, 4) is 0 Å². The first-order valence-corrected chi connectivity index (χ1v) is 12.8. The molecule has 2 unspecified atom stereocenters. The fourth-order valence-corrected chi connectivity index (χ4v) is 4.59. The molecule has 35 heavy (non-hydrogen) atoms. The van der Waals surface area contributed by atoms with Crippen LogP contribution in [0.15, 0.2) is 36.4 Å². The van der Waals surface area contributed by atoms with Crippen molar-refractivity contribution < 1.29 is 35.9 Å². The van der Waals surface area contributed by atoms with Crippen molar-refractivity contribution in [3.05, 3.63) is 64.5 Å². The van der Waals surface area contributed by atoms with Gasteiger partial charge in [0.25, 0.3) is 0 Å². The number of sulfonamides is 1. The lowest BCUT2D eigenvalue weighted by Crippen LogP contribution is -2.37. The van der Waals surface area contributed by atoms with Gasteiger partial charge in [-0.05, 0) is 62.4 Å². The molecule has 1 fully saturated rings. The number of hydrogen-bond acceptors (Lipinski definition) is 4. The van der Waals surface area contributed by atoms with Gasteiger partial charge >= 0.3 is 6.18 Å². The maximum Gasteiger partial charge on any atom is 0.398 e. The highest BCUT2D eigenvalue weighted by Gasteiger charge is 2.50. The zero-order valence-corrected chi connectivity index (χ0v) is 20.5. The van der Waals surface area contributed by atoms with Crippen molar-refractivity contribution in [1.82, 2.24) is 5.32 Å². The minimum atomic E-state index is -4.61. The Labute approximate surface area is 201 Å². The highest BCUT2D eigenvalue weighted by Crippen LogP contribution is 2.49. The molecule has 0 aliphatic heterocycles. The molecule has 2 aromatic carbocycles. The third-order valence-corrected chi connectivity index (χ3v) is 6.97. The van der Waals surface area contributed by atoms with Crippen LogP contribution >= 0.6 is 0 Å². The van der Waals surface area contributed by atoms with Gasteiger partial charge < -0.3 is 10.4 Å². The van der Waals surface area contributed by atoms with Gasteiger partial charge in [0.15, 0.2) is 0 Å². The average molecular weight is 517 g/mol. The number of aliphatic hydroxyl groups is 1. The predicted octanol–water partition coefficient (Wildman–Crippen LogP) is 4.51. The number of hydrogen-bond donors (Lipinski definition) is 3. The Morgan fingerprint density at radius 3 is 2.37 bits per heavy atom. The molecule has 2 aromatic rings. The first-order valence-electron chi connectivity index (χ1n) is 10.9. The van der Waals surface area contributed by atoms with E-state index in [-0.39, 0.29) is 17.5 Å². The molecular weight excluding hydrogens is 488 g/mol. The van der Waals surface area contributed by atoms with Crippen LogP contribution in [0.25, 0.3) is 0 Å². The summed E-state index contributed by atoms with van der Waals surface area (Å²) in [6.07, 6.45) is -3.17. The molecule has 0 spiro atoms. The van der Waals surface area contributed by atoms with E-state index >= 15 is 0 Å². The lowest BCUT2D eigenvalue weighted by atomic mass is 9.83. The van der Waals surface area contributed by atoms with Crippen LogP contribution in [0.2, 0.25) is 0 Å². The smallest absolute Gasteiger partial charge is 0.392 e. The van der Waals surface area contributed by atoms with Crippen LogP contribution in [0.5, 0.6) is 0 Å². The van der Waals surface area contributed by atoms with E-state index in [2.05, 4.69) is 10.0 Å². The van der Waals surface area contributed by atoms with Gasteiger partial charge in [0.05, 0.1) is 30.0 Å². The number of carbonyl (C=O) groups is 1. The van der Waals surface area contributed by atoms with E-state index < -0.39 is 51.6 Å². The number of amides is 1. The number of carbonyl (C=O) groups excluding carboxylic acids is 1. The molecule has 1 saturated carbocycles. The Morgan fingerprint density at radius 1 is 1.17 bits per heavy atom. The van der Waals surface area contributed by atoms with Crippen LogP contribution in [-0.4, -0.2) is 31.9 Å². The number of benzene rings is 2. The molecule has 11 heteroatoms. The third kappa shape index (κ3) is 5.95. The van der Waals surface area contributed by atoms with Crippen LogP contribution < -0.4 is 10.0 Å². The third-order valence-electron chi connectivity index (χ3n) is 6.38. The summed E-state index contributed by atoms with van der Waals surface area (Å²) >= 11 is 0. The maximum atomic E-state index is 14.6. The fraction of sp³-hybridized carbons (Fsp3) is 0.458. The zero-order chi connectivity index (χ0) is 26.3. The zero-order valence-electron chi connectivity index (χ0n) is 19.7. The van der Waals surface area contributed by atoms with Gasteiger partial charge in [-0.25, -0.2) is 12.8 Å². The Kier molecular flexibility index (Phi) is 7.25. The monoisotopic (exact) mass is 516 g/mol. The van der Waals surface area contributed by atoms with E-state index in [0.717, 1.165) is 32.2 Å². The lowest BCUT2D eigenvalue weighted by molar-refractivity contribution is -0.180. The number of aliphatic hydroxyl groups excluding tert-OH is 1. The standard InChI is InChI=1S/C24H28F4N2O4S/c1-13(14-6-8-21(16(9-14)12-31)30-35(4,33)34)29-22(32)18-11-17(18)15-5-7-19(20(25)10-15)23(2,3)24(26,27)28/h5-10,13,17-18,30-31H,11-12H2,1-4H3,(H,29,32)/t13-,17?,18?/m1/s1.